The van der Waals surface area contributed by atoms with Crippen molar-refractivity contribution in [1.82, 2.24) is 5.32 Å². The van der Waals surface area contributed by atoms with Crippen LogP contribution in [0.1, 0.15) is 386 Å². The summed E-state index contributed by atoms with van der Waals surface area (Å²) in [5, 5.41) is 23.2. The molecule has 0 heterocycles. The highest BCUT2D eigenvalue weighted by molar-refractivity contribution is 5.76. The Kier molecular flexibility index (Phi) is 67.4. The second-order valence-corrected chi connectivity index (χ2v) is 24.6. The second-order valence-electron chi connectivity index (χ2n) is 24.6. The number of ether oxygens (including phenoxy) is 1. The first-order valence-electron chi connectivity index (χ1n) is 35.9. The van der Waals surface area contributed by atoms with E-state index in [0.717, 1.165) is 51.4 Å². The molecule has 0 fully saturated rings. The fourth-order valence-corrected chi connectivity index (χ4v) is 11.1. The zero-order valence-corrected chi connectivity index (χ0v) is 53.8. The normalized spacial score (nSPS) is 12.8. The van der Waals surface area contributed by atoms with Gasteiger partial charge >= 0.3 is 5.97 Å². The van der Waals surface area contributed by atoms with Crippen molar-refractivity contribution in [2.24, 2.45) is 0 Å². The van der Waals surface area contributed by atoms with Gasteiger partial charge in [0.25, 0.3) is 0 Å². The smallest absolute Gasteiger partial charge is 0.305 e. The number of aliphatic hydroxyl groups is 2. The SMILES string of the molecule is CCC/C=C\C/C=C\CCCCCCCC(=O)OCCCCCCCCCCCCCC/C=C\CCCCCCCCCCCCCCCCCC(=O)NC(CO)C(O)/C=C/CCCCCCCCCCCCCCCCCCC. The molecule has 0 bridgehead atoms. The highest BCUT2D eigenvalue weighted by Gasteiger charge is 2.18. The van der Waals surface area contributed by atoms with Gasteiger partial charge in [0.15, 0.2) is 0 Å². The molecule has 0 rings (SSSR count). The van der Waals surface area contributed by atoms with E-state index in [9.17, 15) is 19.8 Å². The molecule has 80 heavy (non-hydrogen) atoms. The molecule has 2 atom stereocenters. The number of hydrogen-bond donors (Lipinski definition) is 3. The summed E-state index contributed by atoms with van der Waals surface area (Å²) in [6, 6.07) is -0.627. The molecule has 0 aliphatic carbocycles. The topological polar surface area (TPSA) is 95.9 Å². The molecule has 0 aromatic heterocycles. The van der Waals surface area contributed by atoms with Gasteiger partial charge < -0.3 is 20.3 Å². The second kappa shape index (κ2) is 69.3. The van der Waals surface area contributed by atoms with Gasteiger partial charge in [0.1, 0.15) is 0 Å². The number of carbonyl (C=O) groups is 2. The van der Waals surface area contributed by atoms with E-state index < -0.39 is 12.1 Å². The molecule has 0 aliphatic heterocycles. The minimum absolute atomic E-state index is 0.00204. The summed E-state index contributed by atoms with van der Waals surface area (Å²) in [6.07, 6.45) is 90.6. The van der Waals surface area contributed by atoms with E-state index in [-0.39, 0.29) is 18.5 Å². The maximum Gasteiger partial charge on any atom is 0.305 e. The van der Waals surface area contributed by atoms with Gasteiger partial charge in [-0.1, -0.05) is 339 Å². The lowest BCUT2D eigenvalue weighted by Crippen LogP contribution is -2.45. The molecule has 2 unspecified atom stereocenters. The zero-order chi connectivity index (χ0) is 57.8. The Balaban J connectivity index is 3.39. The fraction of sp³-hybridized carbons (Fsp3) is 0.865. The van der Waals surface area contributed by atoms with E-state index >= 15 is 0 Å². The molecule has 6 heteroatoms. The minimum Gasteiger partial charge on any atom is -0.466 e. The van der Waals surface area contributed by atoms with Crippen molar-refractivity contribution in [2.75, 3.05) is 13.2 Å². The third-order valence-electron chi connectivity index (χ3n) is 16.5. The Bertz CT molecular complexity index is 1340. The van der Waals surface area contributed by atoms with Crippen molar-refractivity contribution in [3.8, 4) is 0 Å². The van der Waals surface area contributed by atoms with Crippen molar-refractivity contribution >= 4 is 11.9 Å². The van der Waals surface area contributed by atoms with Gasteiger partial charge in [0.2, 0.25) is 5.91 Å². The van der Waals surface area contributed by atoms with Crippen molar-refractivity contribution in [1.29, 1.82) is 0 Å². The number of esters is 1. The first-order chi connectivity index (χ1) is 39.5. The van der Waals surface area contributed by atoms with E-state index in [2.05, 4.69) is 55.6 Å². The predicted molar refractivity (Wildman–Crippen MR) is 352 cm³/mol. The number of unbranched alkanes of at least 4 members (excludes halogenated alkanes) is 50. The van der Waals surface area contributed by atoms with Crippen molar-refractivity contribution in [3.63, 3.8) is 0 Å². The van der Waals surface area contributed by atoms with Crippen molar-refractivity contribution < 1.29 is 24.5 Å². The fourth-order valence-electron chi connectivity index (χ4n) is 11.1. The number of nitrogens with one attached hydrogen (secondary N) is 1. The average Bonchev–Trinajstić information content (AvgIpc) is 3.46. The Morgan fingerprint density at radius 3 is 1.01 bits per heavy atom. The third kappa shape index (κ3) is 65.0. The summed E-state index contributed by atoms with van der Waals surface area (Å²) in [5.74, 6) is -0.0609. The van der Waals surface area contributed by atoms with Crippen LogP contribution in [0.25, 0.3) is 0 Å². The summed E-state index contributed by atoms with van der Waals surface area (Å²) in [5.41, 5.74) is 0. The first kappa shape index (κ1) is 77.8. The highest BCUT2D eigenvalue weighted by atomic mass is 16.5. The van der Waals surface area contributed by atoms with Crippen LogP contribution in [0, 0.1) is 0 Å². The minimum atomic E-state index is -0.844. The summed E-state index contributed by atoms with van der Waals surface area (Å²) >= 11 is 0. The molecule has 1 amide bonds. The Hall–Kier alpha value is -2.18. The third-order valence-corrected chi connectivity index (χ3v) is 16.5. The standard InChI is InChI=1S/C74H139NO5/c1-3-5-7-9-11-13-15-17-18-19-33-36-39-43-46-50-54-58-62-66-72(77)71(70-76)75-73(78)67-63-59-55-51-47-44-40-37-34-31-29-27-25-23-21-20-22-24-26-28-30-32-35-38-41-45-49-53-57-61-65-69-80-74(79)68-64-60-56-52-48-42-16-14-12-10-8-6-4-2/h8,10,14,16,22,24,62,66,71-72,76-77H,3-7,9,11-13,15,17-21,23,25-61,63-65,67-70H2,1-2H3,(H,75,78)/b10-8-,16-14-,24-22-,66-62+. The van der Waals surface area contributed by atoms with Crippen LogP contribution in [0.4, 0.5) is 0 Å². The van der Waals surface area contributed by atoms with Crippen LogP contribution in [-0.2, 0) is 14.3 Å². The van der Waals surface area contributed by atoms with Crippen LogP contribution < -0.4 is 5.32 Å². The molecule has 0 aromatic rings. The number of allylic oxidation sites excluding steroid dienone is 7. The van der Waals surface area contributed by atoms with Gasteiger partial charge in [-0.05, 0) is 83.5 Å². The summed E-state index contributed by atoms with van der Waals surface area (Å²) < 4.78 is 5.48. The Morgan fingerprint density at radius 1 is 0.350 bits per heavy atom. The molecule has 0 aliphatic rings. The predicted octanol–water partition coefficient (Wildman–Crippen LogP) is 23.3. The maximum atomic E-state index is 12.5. The van der Waals surface area contributed by atoms with Crippen LogP contribution in [0.5, 0.6) is 0 Å². The maximum absolute atomic E-state index is 12.5. The summed E-state index contributed by atoms with van der Waals surface area (Å²) in [7, 11) is 0. The molecular weight excluding hydrogens is 983 g/mol. The van der Waals surface area contributed by atoms with Gasteiger partial charge in [0, 0.05) is 12.8 Å². The van der Waals surface area contributed by atoms with Crippen LogP contribution >= 0.6 is 0 Å². The molecular formula is C74H139NO5. The lowest BCUT2D eigenvalue weighted by molar-refractivity contribution is -0.143. The van der Waals surface area contributed by atoms with Crippen LogP contribution in [0.2, 0.25) is 0 Å². The molecule has 3 N–H and O–H groups in total. The van der Waals surface area contributed by atoms with Crippen LogP contribution in [0.3, 0.4) is 0 Å². The van der Waals surface area contributed by atoms with E-state index in [1.807, 2.05) is 6.08 Å². The molecule has 0 saturated heterocycles. The van der Waals surface area contributed by atoms with Gasteiger partial charge in [-0.2, -0.15) is 0 Å². The van der Waals surface area contributed by atoms with Crippen molar-refractivity contribution in [2.45, 2.75) is 398 Å². The molecule has 0 spiro atoms. The van der Waals surface area contributed by atoms with E-state index in [4.69, 9.17) is 4.74 Å². The van der Waals surface area contributed by atoms with Crippen LogP contribution in [0.15, 0.2) is 48.6 Å². The molecule has 0 radical (unpaired) electrons. The van der Waals surface area contributed by atoms with Gasteiger partial charge in [-0.25, -0.2) is 0 Å². The quantitative estimate of drug-likeness (QED) is 0.0320. The lowest BCUT2D eigenvalue weighted by atomic mass is 10.0. The number of amides is 1. The molecule has 0 saturated carbocycles. The summed E-state index contributed by atoms with van der Waals surface area (Å²) in [6.45, 7) is 4.86. The van der Waals surface area contributed by atoms with E-state index in [1.54, 1.807) is 6.08 Å². The van der Waals surface area contributed by atoms with Crippen LogP contribution in [-0.4, -0.2) is 47.4 Å². The zero-order valence-electron chi connectivity index (χ0n) is 53.8. The number of rotatable bonds is 67. The Morgan fingerprint density at radius 2 is 0.650 bits per heavy atom. The van der Waals surface area contributed by atoms with E-state index in [1.165, 1.54) is 308 Å². The highest BCUT2D eigenvalue weighted by Crippen LogP contribution is 2.18. The van der Waals surface area contributed by atoms with E-state index in [0.29, 0.717) is 19.4 Å². The molecule has 0 aromatic carbocycles. The van der Waals surface area contributed by atoms with Crippen molar-refractivity contribution in [3.05, 3.63) is 48.6 Å². The monoisotopic (exact) mass is 1120 g/mol. The number of hydrogen-bond acceptors (Lipinski definition) is 5. The van der Waals surface area contributed by atoms with Gasteiger partial charge in [-0.3, -0.25) is 9.59 Å². The number of aliphatic hydroxyl groups excluding tert-OH is 2. The van der Waals surface area contributed by atoms with Gasteiger partial charge in [0.05, 0.1) is 25.4 Å². The average molecular weight is 1120 g/mol. The molecule has 6 nitrogen and oxygen atoms in total. The largest absolute Gasteiger partial charge is 0.466 e. The molecule has 470 valence electrons. The number of carbonyl (C=O) groups excluding carboxylic acids is 2. The lowest BCUT2D eigenvalue weighted by Gasteiger charge is -2.20. The first-order valence-corrected chi connectivity index (χ1v) is 35.9. The summed E-state index contributed by atoms with van der Waals surface area (Å²) in [4.78, 5) is 24.6. The Labute approximate surface area is 499 Å². The van der Waals surface area contributed by atoms with Gasteiger partial charge in [-0.15, -0.1) is 0 Å².